The Labute approximate surface area is 138 Å². The summed E-state index contributed by atoms with van der Waals surface area (Å²) in [6, 6.07) is 4.79. The average molecular weight is 381 g/mol. The summed E-state index contributed by atoms with van der Waals surface area (Å²) in [7, 11) is 1.88. The van der Waals surface area contributed by atoms with Crippen molar-refractivity contribution < 1.29 is 9.18 Å². The molecule has 7 heteroatoms. The first-order chi connectivity index (χ1) is 9.51. The van der Waals surface area contributed by atoms with Crippen molar-refractivity contribution in [3.8, 4) is 0 Å². The van der Waals surface area contributed by atoms with Gasteiger partial charge in [0, 0.05) is 17.1 Å². The van der Waals surface area contributed by atoms with Crippen LogP contribution in [0.15, 0.2) is 22.7 Å². The van der Waals surface area contributed by atoms with Gasteiger partial charge < -0.3 is 11.1 Å². The lowest BCUT2D eigenvalue weighted by Gasteiger charge is -2.26. The fourth-order valence-corrected chi connectivity index (χ4v) is 2.67. The zero-order valence-corrected chi connectivity index (χ0v) is 14.2. The number of benzene rings is 1. The van der Waals surface area contributed by atoms with Gasteiger partial charge >= 0.3 is 0 Å². The van der Waals surface area contributed by atoms with Crippen LogP contribution in [-0.2, 0) is 4.79 Å². The molecule has 0 heterocycles. The number of carbonyl (C=O) groups excluding carboxylic acids is 1. The molecule has 0 aromatic heterocycles. The molecule has 1 saturated carbocycles. The van der Waals surface area contributed by atoms with E-state index < -0.39 is 5.82 Å². The van der Waals surface area contributed by atoms with Gasteiger partial charge in [-0.15, -0.1) is 12.4 Å². The summed E-state index contributed by atoms with van der Waals surface area (Å²) in [6.45, 7) is 0.759. The summed E-state index contributed by atoms with van der Waals surface area (Å²) in [4.78, 5) is 13.9. The van der Waals surface area contributed by atoms with Crippen LogP contribution >= 0.6 is 28.3 Å². The number of nitrogens with one attached hydrogen (secondary N) is 1. The number of halogens is 3. The summed E-state index contributed by atoms with van der Waals surface area (Å²) < 4.78 is 14.3. The summed E-state index contributed by atoms with van der Waals surface area (Å²) >= 11 is 3.18. The Balaban J connectivity index is 0.00000220. The lowest BCUT2D eigenvalue weighted by atomic mass is 10.1. The molecule has 118 valence electrons. The van der Waals surface area contributed by atoms with Gasteiger partial charge in [-0.25, -0.2) is 4.39 Å². The first kappa shape index (κ1) is 18.4. The van der Waals surface area contributed by atoms with Crippen molar-refractivity contribution in [2.45, 2.75) is 18.9 Å². The Kier molecular flexibility index (Phi) is 7.06. The maximum Gasteiger partial charge on any atom is 0.238 e. The van der Waals surface area contributed by atoms with E-state index in [9.17, 15) is 9.18 Å². The van der Waals surface area contributed by atoms with Crippen molar-refractivity contribution in [3.63, 3.8) is 0 Å². The van der Waals surface area contributed by atoms with Gasteiger partial charge in [0.1, 0.15) is 5.82 Å². The van der Waals surface area contributed by atoms with Gasteiger partial charge in [0.25, 0.3) is 0 Å². The number of nitrogens with two attached hydrogens (primary N) is 1. The van der Waals surface area contributed by atoms with Crippen LogP contribution in [0.4, 0.5) is 10.1 Å². The molecule has 21 heavy (non-hydrogen) atoms. The van der Waals surface area contributed by atoms with E-state index in [4.69, 9.17) is 5.73 Å². The van der Waals surface area contributed by atoms with E-state index in [0.717, 1.165) is 0 Å². The Bertz CT molecular complexity index is 499. The number of hydrogen-bond donors (Lipinski definition) is 2. The Morgan fingerprint density at radius 3 is 2.76 bits per heavy atom. The van der Waals surface area contributed by atoms with Crippen LogP contribution < -0.4 is 11.1 Å². The molecular weight excluding hydrogens is 361 g/mol. The number of hydrogen-bond acceptors (Lipinski definition) is 3. The quantitative estimate of drug-likeness (QED) is 0.797. The highest BCUT2D eigenvalue weighted by atomic mass is 79.9. The predicted octanol–water partition coefficient (Wildman–Crippen LogP) is 2.62. The molecule has 0 spiro atoms. The van der Waals surface area contributed by atoms with Gasteiger partial charge in [-0.1, -0.05) is 15.9 Å². The van der Waals surface area contributed by atoms with E-state index in [-0.39, 0.29) is 36.6 Å². The minimum atomic E-state index is -0.451. The lowest BCUT2D eigenvalue weighted by molar-refractivity contribution is -0.117. The smallest absolute Gasteiger partial charge is 0.238 e. The molecule has 1 aromatic carbocycles. The number of likely N-dealkylation sites (N-methyl/N-ethyl adjacent to an activating group) is 1. The van der Waals surface area contributed by atoms with Gasteiger partial charge in [0.2, 0.25) is 5.91 Å². The SMILES string of the molecule is CN(CC(=O)Nc1ccc(Br)cc1F)C(CN)C1CC1.Cl. The molecule has 3 N–H and O–H groups in total. The van der Waals surface area contributed by atoms with Crippen LogP contribution in [0.1, 0.15) is 12.8 Å². The second-order valence-corrected chi connectivity index (χ2v) is 6.14. The van der Waals surface area contributed by atoms with Crippen molar-refractivity contribution in [2.24, 2.45) is 11.7 Å². The topological polar surface area (TPSA) is 58.4 Å². The fourth-order valence-electron chi connectivity index (χ4n) is 2.34. The number of rotatable bonds is 6. The largest absolute Gasteiger partial charge is 0.329 e. The minimum Gasteiger partial charge on any atom is -0.329 e. The first-order valence-corrected chi connectivity index (χ1v) is 7.45. The normalized spacial score (nSPS) is 15.5. The Hall–Kier alpha value is -0.690. The van der Waals surface area contributed by atoms with Crippen LogP contribution in [0.2, 0.25) is 0 Å². The van der Waals surface area contributed by atoms with E-state index in [1.54, 1.807) is 12.1 Å². The fraction of sp³-hybridized carbons (Fsp3) is 0.500. The van der Waals surface area contributed by atoms with Gasteiger partial charge in [-0.05, 0) is 44.0 Å². The number of carbonyl (C=O) groups is 1. The van der Waals surface area contributed by atoms with Gasteiger partial charge in [0.05, 0.1) is 12.2 Å². The zero-order valence-electron chi connectivity index (χ0n) is 11.8. The van der Waals surface area contributed by atoms with Crippen molar-refractivity contribution >= 4 is 39.9 Å². The Morgan fingerprint density at radius 1 is 1.57 bits per heavy atom. The van der Waals surface area contributed by atoms with Crippen LogP contribution in [0.25, 0.3) is 0 Å². The van der Waals surface area contributed by atoms with Gasteiger partial charge in [-0.3, -0.25) is 9.69 Å². The van der Waals surface area contributed by atoms with E-state index in [0.29, 0.717) is 16.9 Å². The second kappa shape index (κ2) is 8.08. The molecule has 1 fully saturated rings. The van der Waals surface area contributed by atoms with Gasteiger partial charge in [-0.2, -0.15) is 0 Å². The van der Waals surface area contributed by atoms with Crippen molar-refractivity contribution in [3.05, 3.63) is 28.5 Å². The van der Waals surface area contributed by atoms with Crippen LogP contribution in [-0.4, -0.2) is 37.0 Å². The summed E-state index contributed by atoms with van der Waals surface area (Å²) in [5.41, 5.74) is 5.94. The van der Waals surface area contributed by atoms with E-state index in [1.165, 1.54) is 18.9 Å². The molecule has 1 amide bonds. The van der Waals surface area contributed by atoms with Crippen molar-refractivity contribution in [1.82, 2.24) is 4.90 Å². The minimum absolute atomic E-state index is 0. The van der Waals surface area contributed by atoms with E-state index in [2.05, 4.69) is 21.2 Å². The van der Waals surface area contributed by atoms with Crippen LogP contribution in [0.5, 0.6) is 0 Å². The maximum atomic E-state index is 13.6. The van der Waals surface area contributed by atoms with Crippen molar-refractivity contribution in [2.75, 3.05) is 25.5 Å². The molecule has 1 aliphatic rings. The molecule has 4 nitrogen and oxygen atoms in total. The van der Waals surface area contributed by atoms with Crippen LogP contribution in [0, 0.1) is 11.7 Å². The molecule has 2 rings (SSSR count). The highest BCUT2D eigenvalue weighted by Crippen LogP contribution is 2.34. The van der Waals surface area contributed by atoms with Crippen molar-refractivity contribution in [1.29, 1.82) is 0 Å². The van der Waals surface area contributed by atoms with Crippen LogP contribution in [0.3, 0.4) is 0 Å². The average Bonchev–Trinajstić information content (AvgIpc) is 3.18. The number of nitrogens with zero attached hydrogens (tertiary/aromatic N) is 1. The first-order valence-electron chi connectivity index (χ1n) is 6.66. The molecule has 0 aliphatic heterocycles. The maximum absolute atomic E-state index is 13.6. The molecule has 1 atom stereocenters. The molecule has 1 aliphatic carbocycles. The van der Waals surface area contributed by atoms with Gasteiger partial charge in [0.15, 0.2) is 0 Å². The molecule has 0 radical (unpaired) electrons. The highest BCUT2D eigenvalue weighted by molar-refractivity contribution is 9.10. The lowest BCUT2D eigenvalue weighted by Crippen LogP contribution is -2.43. The monoisotopic (exact) mass is 379 g/mol. The number of anilines is 1. The molecular formula is C14H20BrClFN3O. The summed E-state index contributed by atoms with van der Waals surface area (Å²) in [5.74, 6) is -0.0806. The molecule has 1 unspecified atom stereocenters. The number of amides is 1. The summed E-state index contributed by atoms with van der Waals surface area (Å²) in [5, 5.41) is 2.59. The third kappa shape index (κ3) is 5.21. The third-order valence-corrected chi connectivity index (χ3v) is 4.07. The summed E-state index contributed by atoms with van der Waals surface area (Å²) in [6.07, 6.45) is 2.35. The third-order valence-electron chi connectivity index (χ3n) is 3.57. The second-order valence-electron chi connectivity index (χ2n) is 5.23. The molecule has 1 aromatic rings. The zero-order chi connectivity index (χ0) is 14.7. The highest BCUT2D eigenvalue weighted by Gasteiger charge is 2.33. The van der Waals surface area contributed by atoms with E-state index in [1.807, 2.05) is 11.9 Å². The Morgan fingerprint density at radius 2 is 2.24 bits per heavy atom. The predicted molar refractivity (Wildman–Crippen MR) is 88.2 cm³/mol. The van der Waals surface area contributed by atoms with E-state index >= 15 is 0 Å². The molecule has 0 saturated heterocycles. The molecule has 0 bridgehead atoms. The standard InChI is InChI=1S/C14H19BrFN3O.ClH/c1-19(13(7-17)9-2-3-9)8-14(20)18-12-5-4-10(15)6-11(12)16;/h4-6,9,13H,2-3,7-8,17H2,1H3,(H,18,20);1H.